The number of benzene rings is 1. The van der Waals surface area contributed by atoms with Crippen LogP contribution in [0.25, 0.3) is 0 Å². The van der Waals surface area contributed by atoms with E-state index >= 15 is 0 Å². The van der Waals surface area contributed by atoms with E-state index < -0.39 is 0 Å². The first kappa shape index (κ1) is 11.3. The molecule has 3 rings (SSSR count). The molecule has 2 aliphatic rings. The Balaban J connectivity index is 1.85. The average molecular weight is 247 g/mol. The van der Waals surface area contributed by atoms with Crippen molar-refractivity contribution in [3.63, 3.8) is 0 Å². The lowest BCUT2D eigenvalue weighted by Crippen LogP contribution is -2.22. The van der Waals surface area contributed by atoms with E-state index in [0.717, 1.165) is 42.1 Å². The Bertz CT molecular complexity index is 481. The van der Waals surface area contributed by atoms with E-state index in [1.54, 1.807) is 0 Å². The van der Waals surface area contributed by atoms with Gasteiger partial charge in [0.25, 0.3) is 0 Å². The number of carbonyl (C=O) groups is 1. The van der Waals surface area contributed by atoms with Crippen molar-refractivity contribution in [3.05, 3.63) is 17.7 Å². The summed E-state index contributed by atoms with van der Waals surface area (Å²) < 4.78 is 5.33. The van der Waals surface area contributed by atoms with Gasteiger partial charge in [-0.25, -0.2) is 0 Å². The number of aryl methyl sites for hydroxylation is 1. The summed E-state index contributed by atoms with van der Waals surface area (Å²) in [4.78, 5) is 11.4. The number of anilines is 3. The molecule has 96 valence electrons. The fourth-order valence-corrected chi connectivity index (χ4v) is 2.44. The lowest BCUT2D eigenvalue weighted by molar-refractivity contribution is -0.116. The second kappa shape index (κ2) is 4.49. The van der Waals surface area contributed by atoms with Gasteiger partial charge in [0, 0.05) is 18.7 Å². The number of carbonyl (C=O) groups excluding carboxylic acids is 1. The first-order valence-corrected chi connectivity index (χ1v) is 6.29. The second-order valence-corrected chi connectivity index (χ2v) is 4.85. The Morgan fingerprint density at radius 3 is 3.06 bits per heavy atom. The molecular formula is C13H17N3O2. The molecule has 1 unspecified atom stereocenters. The summed E-state index contributed by atoms with van der Waals surface area (Å²) in [6, 6.07) is 4.19. The molecule has 0 spiro atoms. The van der Waals surface area contributed by atoms with Crippen molar-refractivity contribution in [3.8, 4) is 0 Å². The SMILES string of the molecule is Nc1cc2c(cc1NC1CCOC1)NC(=O)CC2. The first-order valence-electron chi connectivity index (χ1n) is 6.29. The van der Waals surface area contributed by atoms with Crippen molar-refractivity contribution in [1.29, 1.82) is 0 Å². The zero-order chi connectivity index (χ0) is 12.5. The van der Waals surface area contributed by atoms with Crippen molar-refractivity contribution in [2.24, 2.45) is 0 Å². The number of fused-ring (bicyclic) bond motifs is 1. The van der Waals surface area contributed by atoms with Gasteiger partial charge < -0.3 is 21.1 Å². The summed E-state index contributed by atoms with van der Waals surface area (Å²) in [7, 11) is 0. The van der Waals surface area contributed by atoms with E-state index in [4.69, 9.17) is 10.5 Å². The number of hydrogen-bond donors (Lipinski definition) is 3. The van der Waals surface area contributed by atoms with Crippen molar-refractivity contribution < 1.29 is 9.53 Å². The second-order valence-electron chi connectivity index (χ2n) is 4.85. The van der Waals surface area contributed by atoms with Crippen LogP contribution in [0.5, 0.6) is 0 Å². The van der Waals surface area contributed by atoms with Crippen molar-refractivity contribution in [2.45, 2.75) is 25.3 Å². The maximum Gasteiger partial charge on any atom is 0.224 e. The predicted octanol–water partition coefficient (Wildman–Crippen LogP) is 1.35. The first-order chi connectivity index (χ1) is 8.72. The minimum Gasteiger partial charge on any atom is -0.397 e. The number of amides is 1. The van der Waals surface area contributed by atoms with Gasteiger partial charge in [0.15, 0.2) is 0 Å². The number of nitrogens with two attached hydrogens (primary N) is 1. The van der Waals surface area contributed by atoms with Crippen LogP contribution < -0.4 is 16.4 Å². The molecule has 0 bridgehead atoms. The van der Waals surface area contributed by atoms with Gasteiger partial charge in [0.1, 0.15) is 0 Å². The minimum absolute atomic E-state index is 0.0717. The van der Waals surface area contributed by atoms with Crippen LogP contribution in [0, 0.1) is 0 Å². The third-order valence-electron chi connectivity index (χ3n) is 3.46. The molecule has 1 atom stereocenters. The molecule has 0 saturated carbocycles. The summed E-state index contributed by atoms with van der Waals surface area (Å²) in [6.45, 7) is 1.50. The van der Waals surface area contributed by atoms with Crippen LogP contribution in [0.1, 0.15) is 18.4 Å². The molecule has 0 aromatic heterocycles. The molecule has 2 aliphatic heterocycles. The van der Waals surface area contributed by atoms with E-state index in [2.05, 4.69) is 10.6 Å². The average Bonchev–Trinajstić information content (AvgIpc) is 2.83. The number of nitrogens with one attached hydrogen (secondary N) is 2. The molecule has 4 N–H and O–H groups in total. The van der Waals surface area contributed by atoms with Crippen LogP contribution in [-0.4, -0.2) is 25.2 Å². The largest absolute Gasteiger partial charge is 0.397 e. The molecular weight excluding hydrogens is 230 g/mol. The summed E-state index contributed by atoms with van der Waals surface area (Å²) >= 11 is 0. The smallest absolute Gasteiger partial charge is 0.224 e. The molecule has 0 aliphatic carbocycles. The van der Waals surface area contributed by atoms with E-state index in [0.29, 0.717) is 19.1 Å². The minimum atomic E-state index is 0.0717. The van der Waals surface area contributed by atoms with Crippen molar-refractivity contribution in [2.75, 3.05) is 29.6 Å². The monoisotopic (exact) mass is 247 g/mol. The maximum atomic E-state index is 11.4. The molecule has 1 aromatic rings. The van der Waals surface area contributed by atoms with E-state index in [9.17, 15) is 4.79 Å². The zero-order valence-electron chi connectivity index (χ0n) is 10.2. The van der Waals surface area contributed by atoms with Gasteiger partial charge in [0.05, 0.1) is 24.0 Å². The highest BCUT2D eigenvalue weighted by atomic mass is 16.5. The molecule has 1 fully saturated rings. The van der Waals surface area contributed by atoms with Crippen LogP contribution in [-0.2, 0) is 16.0 Å². The fourth-order valence-electron chi connectivity index (χ4n) is 2.44. The predicted molar refractivity (Wildman–Crippen MR) is 70.7 cm³/mol. The lowest BCUT2D eigenvalue weighted by atomic mass is 10.0. The molecule has 5 heteroatoms. The Morgan fingerprint density at radius 1 is 1.39 bits per heavy atom. The number of ether oxygens (including phenoxy) is 1. The molecule has 1 saturated heterocycles. The number of nitrogen functional groups attached to an aromatic ring is 1. The normalized spacial score (nSPS) is 22.4. The fraction of sp³-hybridized carbons (Fsp3) is 0.462. The molecule has 2 heterocycles. The van der Waals surface area contributed by atoms with E-state index in [1.807, 2.05) is 12.1 Å². The molecule has 1 aromatic carbocycles. The van der Waals surface area contributed by atoms with Gasteiger partial charge in [-0.2, -0.15) is 0 Å². The van der Waals surface area contributed by atoms with Gasteiger partial charge >= 0.3 is 0 Å². The Labute approximate surface area is 106 Å². The van der Waals surface area contributed by atoms with Crippen molar-refractivity contribution in [1.82, 2.24) is 0 Å². The summed E-state index contributed by atoms with van der Waals surface area (Å²) in [5.74, 6) is 0.0717. The van der Waals surface area contributed by atoms with Crippen molar-refractivity contribution >= 4 is 23.0 Å². The zero-order valence-corrected chi connectivity index (χ0v) is 10.2. The topological polar surface area (TPSA) is 76.4 Å². The lowest BCUT2D eigenvalue weighted by Gasteiger charge is -2.21. The highest BCUT2D eigenvalue weighted by Gasteiger charge is 2.19. The van der Waals surface area contributed by atoms with Gasteiger partial charge in [-0.05, 0) is 30.5 Å². The molecule has 5 nitrogen and oxygen atoms in total. The third kappa shape index (κ3) is 2.13. The third-order valence-corrected chi connectivity index (χ3v) is 3.46. The van der Waals surface area contributed by atoms with Gasteiger partial charge in [0.2, 0.25) is 5.91 Å². The highest BCUT2D eigenvalue weighted by Crippen LogP contribution is 2.31. The van der Waals surface area contributed by atoms with E-state index in [1.165, 1.54) is 0 Å². The standard InChI is InChI=1S/C13H17N3O2/c14-10-5-8-1-2-13(17)16-11(8)6-12(10)15-9-3-4-18-7-9/h5-6,9,15H,1-4,7,14H2,(H,16,17). The Hall–Kier alpha value is -1.75. The quantitative estimate of drug-likeness (QED) is 0.690. The summed E-state index contributed by atoms with van der Waals surface area (Å²) in [5, 5.41) is 6.26. The Kier molecular flexibility index (Phi) is 2.83. The number of hydrogen-bond acceptors (Lipinski definition) is 4. The molecule has 18 heavy (non-hydrogen) atoms. The summed E-state index contributed by atoms with van der Waals surface area (Å²) in [5.41, 5.74) is 9.64. The summed E-state index contributed by atoms with van der Waals surface area (Å²) in [6.07, 6.45) is 2.29. The molecule has 0 radical (unpaired) electrons. The molecule has 1 amide bonds. The Morgan fingerprint density at radius 2 is 2.28 bits per heavy atom. The van der Waals surface area contributed by atoms with Gasteiger partial charge in [-0.1, -0.05) is 0 Å². The van der Waals surface area contributed by atoms with Crippen LogP contribution in [0.15, 0.2) is 12.1 Å². The number of rotatable bonds is 2. The highest BCUT2D eigenvalue weighted by molar-refractivity contribution is 5.95. The van der Waals surface area contributed by atoms with Crippen LogP contribution >= 0.6 is 0 Å². The maximum absolute atomic E-state index is 11.4. The van der Waals surface area contributed by atoms with Crippen LogP contribution in [0.3, 0.4) is 0 Å². The van der Waals surface area contributed by atoms with Gasteiger partial charge in [-0.15, -0.1) is 0 Å². The van der Waals surface area contributed by atoms with Gasteiger partial charge in [-0.3, -0.25) is 4.79 Å². The van der Waals surface area contributed by atoms with Crippen LogP contribution in [0.2, 0.25) is 0 Å². The van der Waals surface area contributed by atoms with E-state index in [-0.39, 0.29) is 5.91 Å². The van der Waals surface area contributed by atoms with Crippen LogP contribution in [0.4, 0.5) is 17.1 Å².